The predicted molar refractivity (Wildman–Crippen MR) is 97.2 cm³/mol. The van der Waals surface area contributed by atoms with Crippen molar-refractivity contribution in [3.8, 4) is 0 Å². The van der Waals surface area contributed by atoms with E-state index < -0.39 is 0 Å². The van der Waals surface area contributed by atoms with Gasteiger partial charge in [-0.25, -0.2) is 0 Å². The zero-order valence-corrected chi connectivity index (χ0v) is 14.7. The quantitative estimate of drug-likeness (QED) is 0.706. The highest BCUT2D eigenvalue weighted by Gasteiger charge is 2.31. The normalized spacial score (nSPS) is 24.1. The first-order valence-corrected chi connectivity index (χ1v) is 9.19. The van der Waals surface area contributed by atoms with Crippen LogP contribution >= 0.6 is 23.2 Å². The number of piperidine rings is 1. The number of fused-ring (bicyclic) bond motifs is 2. The van der Waals surface area contributed by atoms with Crippen molar-refractivity contribution in [2.75, 3.05) is 6.54 Å². The molecule has 0 amide bonds. The third-order valence-electron chi connectivity index (χ3n) is 5.37. The summed E-state index contributed by atoms with van der Waals surface area (Å²) in [5, 5.41) is 1.30. The van der Waals surface area contributed by atoms with Gasteiger partial charge in [-0.15, -0.1) is 0 Å². The van der Waals surface area contributed by atoms with Crippen molar-refractivity contribution in [2.45, 2.75) is 38.3 Å². The molecule has 2 bridgehead atoms. The maximum absolute atomic E-state index is 6.19. The molecule has 0 spiro atoms. The van der Waals surface area contributed by atoms with Crippen molar-refractivity contribution in [2.24, 2.45) is 5.92 Å². The number of hydrogen-bond acceptors (Lipinski definition) is 1. The van der Waals surface area contributed by atoms with Crippen LogP contribution in [0.3, 0.4) is 0 Å². The highest BCUT2D eigenvalue weighted by Crippen LogP contribution is 2.33. The molecule has 2 aromatic carbocycles. The summed E-state index contributed by atoms with van der Waals surface area (Å²) in [6.45, 7) is 2.17. The Labute approximate surface area is 148 Å². The van der Waals surface area contributed by atoms with E-state index in [1.807, 2.05) is 12.1 Å². The second-order valence-corrected chi connectivity index (χ2v) is 7.77. The highest BCUT2D eigenvalue weighted by atomic mass is 35.5. The molecule has 2 aromatic rings. The summed E-state index contributed by atoms with van der Waals surface area (Å²) in [5.74, 6) is 0.774. The lowest BCUT2D eigenvalue weighted by atomic mass is 9.80. The van der Waals surface area contributed by atoms with Crippen molar-refractivity contribution < 1.29 is 0 Å². The van der Waals surface area contributed by atoms with E-state index in [1.54, 1.807) is 11.1 Å². The van der Waals surface area contributed by atoms with E-state index in [2.05, 4.69) is 35.2 Å². The molecule has 1 fully saturated rings. The third-order valence-corrected chi connectivity index (χ3v) is 6.11. The number of hydrogen-bond donors (Lipinski definition) is 0. The van der Waals surface area contributed by atoms with Crippen LogP contribution in [0.2, 0.25) is 10.0 Å². The summed E-state index contributed by atoms with van der Waals surface area (Å²) in [4.78, 5) is 2.66. The molecular formula is C20H21Cl2N. The molecule has 0 radical (unpaired) electrons. The van der Waals surface area contributed by atoms with Crippen LogP contribution in [0.5, 0.6) is 0 Å². The SMILES string of the molecule is Clc1ccc(CN2C[C@H]3CC[C@@H]2Cc2ccccc2C3)cc1Cl. The van der Waals surface area contributed by atoms with E-state index in [9.17, 15) is 0 Å². The van der Waals surface area contributed by atoms with E-state index in [1.165, 1.54) is 37.8 Å². The average Bonchev–Trinajstić information content (AvgIpc) is 2.52. The zero-order valence-electron chi connectivity index (χ0n) is 13.1. The molecule has 0 saturated carbocycles. The largest absolute Gasteiger partial charge is 0.296 e. The molecule has 1 saturated heterocycles. The Morgan fingerprint density at radius 3 is 2.48 bits per heavy atom. The van der Waals surface area contributed by atoms with Gasteiger partial charge in [-0.05, 0) is 60.4 Å². The fourth-order valence-corrected chi connectivity index (χ4v) is 4.49. The Balaban J connectivity index is 1.58. The summed E-state index contributed by atoms with van der Waals surface area (Å²) in [6.07, 6.45) is 5.06. The van der Waals surface area contributed by atoms with E-state index in [0.717, 1.165) is 12.5 Å². The molecule has 1 aliphatic carbocycles. The number of benzene rings is 2. The van der Waals surface area contributed by atoms with Gasteiger partial charge in [0.15, 0.2) is 0 Å². The van der Waals surface area contributed by atoms with Gasteiger partial charge in [-0.1, -0.05) is 53.5 Å². The van der Waals surface area contributed by atoms with Crippen LogP contribution in [0, 0.1) is 5.92 Å². The van der Waals surface area contributed by atoms with E-state index in [4.69, 9.17) is 23.2 Å². The summed E-state index contributed by atoms with van der Waals surface area (Å²) >= 11 is 12.2. The summed E-state index contributed by atoms with van der Waals surface area (Å²) in [5.41, 5.74) is 4.37. The second-order valence-electron chi connectivity index (χ2n) is 6.95. The van der Waals surface area contributed by atoms with Gasteiger partial charge >= 0.3 is 0 Å². The van der Waals surface area contributed by atoms with Gasteiger partial charge in [0.25, 0.3) is 0 Å². The molecule has 1 nitrogen and oxygen atoms in total. The van der Waals surface area contributed by atoms with Gasteiger partial charge in [0.05, 0.1) is 10.0 Å². The Morgan fingerprint density at radius 2 is 1.70 bits per heavy atom. The molecule has 0 unspecified atom stereocenters. The van der Waals surface area contributed by atoms with Crippen molar-refractivity contribution in [1.82, 2.24) is 4.90 Å². The van der Waals surface area contributed by atoms with Gasteiger partial charge in [-0.2, -0.15) is 0 Å². The van der Waals surface area contributed by atoms with Gasteiger partial charge in [-0.3, -0.25) is 4.90 Å². The van der Waals surface area contributed by atoms with Crippen molar-refractivity contribution >= 4 is 23.2 Å². The Bertz CT molecular complexity index is 713. The number of halogens is 2. The van der Waals surface area contributed by atoms with Gasteiger partial charge in [0.2, 0.25) is 0 Å². The number of nitrogens with zero attached hydrogens (tertiary/aromatic N) is 1. The minimum absolute atomic E-state index is 0.638. The monoisotopic (exact) mass is 345 g/mol. The lowest BCUT2D eigenvalue weighted by molar-refractivity contribution is 0.0938. The first-order valence-electron chi connectivity index (χ1n) is 8.44. The summed E-state index contributed by atoms with van der Waals surface area (Å²) < 4.78 is 0. The van der Waals surface area contributed by atoms with E-state index >= 15 is 0 Å². The molecule has 2 heterocycles. The maximum Gasteiger partial charge on any atom is 0.0595 e. The average molecular weight is 346 g/mol. The summed E-state index contributed by atoms with van der Waals surface area (Å²) in [6, 6.07) is 15.7. The highest BCUT2D eigenvalue weighted by molar-refractivity contribution is 6.42. The van der Waals surface area contributed by atoms with Crippen LogP contribution in [0.25, 0.3) is 0 Å². The first-order chi connectivity index (χ1) is 11.2. The second kappa shape index (κ2) is 6.47. The molecular weight excluding hydrogens is 325 g/mol. The van der Waals surface area contributed by atoms with E-state index in [0.29, 0.717) is 16.1 Å². The smallest absolute Gasteiger partial charge is 0.0595 e. The molecule has 3 aliphatic rings. The van der Waals surface area contributed by atoms with Crippen molar-refractivity contribution in [1.29, 1.82) is 0 Å². The molecule has 23 heavy (non-hydrogen) atoms. The van der Waals surface area contributed by atoms with Gasteiger partial charge < -0.3 is 0 Å². The van der Waals surface area contributed by atoms with Crippen LogP contribution in [-0.4, -0.2) is 17.5 Å². The molecule has 2 aliphatic heterocycles. The molecule has 120 valence electrons. The number of rotatable bonds is 2. The Morgan fingerprint density at radius 1 is 0.913 bits per heavy atom. The van der Waals surface area contributed by atoms with E-state index in [-0.39, 0.29) is 0 Å². The molecule has 2 atom stereocenters. The van der Waals surface area contributed by atoms with Crippen molar-refractivity contribution in [3.63, 3.8) is 0 Å². The fraction of sp³-hybridized carbons (Fsp3) is 0.400. The van der Waals surface area contributed by atoms with Crippen molar-refractivity contribution in [3.05, 3.63) is 69.2 Å². The van der Waals surface area contributed by atoms with Crippen LogP contribution in [0.1, 0.15) is 29.5 Å². The van der Waals surface area contributed by atoms with Crippen LogP contribution in [-0.2, 0) is 19.4 Å². The standard InChI is InChI=1S/C20H21Cl2N/c21-19-8-6-15(10-20(19)22)13-23-12-14-5-7-18(23)11-17-4-2-1-3-16(17)9-14/h1-4,6,8,10,14,18H,5,7,9,11-13H2/t14-,18+/m0/s1. The molecule has 0 aromatic heterocycles. The summed E-state index contributed by atoms with van der Waals surface area (Å²) in [7, 11) is 0. The van der Waals surface area contributed by atoms with Crippen LogP contribution in [0.4, 0.5) is 0 Å². The third kappa shape index (κ3) is 3.28. The minimum atomic E-state index is 0.638. The lowest BCUT2D eigenvalue weighted by Crippen LogP contribution is -2.46. The molecule has 5 rings (SSSR count). The van der Waals surface area contributed by atoms with Crippen LogP contribution in [0.15, 0.2) is 42.5 Å². The topological polar surface area (TPSA) is 3.24 Å². The Hall–Kier alpha value is -1.02. The predicted octanol–water partition coefficient (Wildman–Crippen LogP) is 5.37. The first kappa shape index (κ1) is 15.5. The fourth-order valence-electron chi connectivity index (χ4n) is 4.17. The van der Waals surface area contributed by atoms with Gasteiger partial charge in [0.1, 0.15) is 0 Å². The Kier molecular flexibility index (Phi) is 4.36. The maximum atomic E-state index is 6.19. The van der Waals surface area contributed by atoms with Gasteiger partial charge in [0, 0.05) is 19.1 Å². The zero-order chi connectivity index (χ0) is 15.8. The minimum Gasteiger partial charge on any atom is -0.296 e. The lowest BCUT2D eigenvalue weighted by Gasteiger charge is -2.42. The molecule has 3 heteroatoms. The van der Waals surface area contributed by atoms with Crippen LogP contribution < -0.4 is 0 Å². The molecule has 0 N–H and O–H groups in total.